The number of rotatable bonds is 3. The average molecular weight is 386 g/mol. The average Bonchev–Trinajstić information content (AvgIpc) is 2.83. The first-order chi connectivity index (χ1) is 9.06. The Morgan fingerprint density at radius 1 is 1.16 bits per heavy atom. The molecule has 0 radical (unpaired) electrons. The summed E-state index contributed by atoms with van der Waals surface area (Å²) >= 11 is 6.50. The Balaban J connectivity index is 2.06. The number of hydrogen-bond acceptors (Lipinski definition) is 3. The third-order valence-electron chi connectivity index (χ3n) is 2.38. The predicted molar refractivity (Wildman–Crippen MR) is 80.2 cm³/mol. The molecule has 0 aliphatic rings. The molecule has 0 spiro atoms. The summed E-state index contributed by atoms with van der Waals surface area (Å²) in [6.07, 6.45) is 0. The molecule has 0 unspecified atom stereocenters. The zero-order valence-electron chi connectivity index (χ0n) is 9.98. The normalized spacial score (nSPS) is 11.4. The van der Waals surface area contributed by atoms with Crippen molar-refractivity contribution in [1.29, 1.82) is 0 Å². The fourth-order valence-corrected chi connectivity index (χ4v) is 1.95. The van der Waals surface area contributed by atoms with Crippen LogP contribution in [0.3, 0.4) is 0 Å². The van der Waals surface area contributed by atoms with Gasteiger partial charge in [0.15, 0.2) is 10.4 Å². The van der Waals surface area contributed by atoms with Crippen molar-refractivity contribution < 1.29 is 9.21 Å². The highest BCUT2D eigenvalue weighted by Crippen LogP contribution is 2.14. The largest absolute Gasteiger partial charge is 0.444 e. The van der Waals surface area contributed by atoms with Gasteiger partial charge < -0.3 is 4.42 Å². The van der Waals surface area contributed by atoms with E-state index in [0.29, 0.717) is 10.4 Å². The molecule has 2 aromatic rings. The van der Waals surface area contributed by atoms with E-state index in [4.69, 9.17) is 4.42 Å². The third-order valence-corrected chi connectivity index (χ3v) is 3.34. The summed E-state index contributed by atoms with van der Waals surface area (Å²) in [5.74, 6) is -0.179. The molecule has 1 heterocycles. The van der Waals surface area contributed by atoms with E-state index >= 15 is 0 Å². The molecular weight excluding hydrogens is 376 g/mol. The standard InChI is InChI=1S/C13H10Br2N2O2/c1-8(9-2-4-10(14)5-3-9)16-17-13(18)11-6-7-12(15)19-11/h2-7H,1H3,(H,17,18)/b16-8+. The molecule has 98 valence electrons. The molecule has 1 N–H and O–H groups in total. The first-order valence-corrected chi connectivity index (χ1v) is 7.01. The minimum atomic E-state index is -0.387. The molecule has 19 heavy (non-hydrogen) atoms. The molecule has 1 aromatic heterocycles. The van der Waals surface area contributed by atoms with Gasteiger partial charge in [-0.15, -0.1) is 0 Å². The molecule has 0 fully saturated rings. The van der Waals surface area contributed by atoms with E-state index in [1.54, 1.807) is 12.1 Å². The lowest BCUT2D eigenvalue weighted by molar-refractivity contribution is 0.0926. The van der Waals surface area contributed by atoms with Gasteiger partial charge in [0.05, 0.1) is 5.71 Å². The van der Waals surface area contributed by atoms with Crippen LogP contribution in [0.2, 0.25) is 0 Å². The Kier molecular flexibility index (Phi) is 4.55. The summed E-state index contributed by atoms with van der Waals surface area (Å²) in [6, 6.07) is 10.9. The van der Waals surface area contributed by atoms with Crippen LogP contribution in [0.15, 0.2) is 55.1 Å². The number of hydrogen-bond donors (Lipinski definition) is 1. The number of amides is 1. The number of furan rings is 1. The minimum absolute atomic E-state index is 0.208. The van der Waals surface area contributed by atoms with Crippen molar-refractivity contribution in [3.8, 4) is 0 Å². The summed E-state index contributed by atoms with van der Waals surface area (Å²) in [6.45, 7) is 1.82. The van der Waals surface area contributed by atoms with E-state index in [0.717, 1.165) is 10.0 Å². The van der Waals surface area contributed by atoms with Crippen LogP contribution in [0, 0.1) is 0 Å². The van der Waals surface area contributed by atoms with Gasteiger partial charge in [0, 0.05) is 4.47 Å². The number of nitrogens with one attached hydrogen (secondary N) is 1. The van der Waals surface area contributed by atoms with Gasteiger partial charge in [0.25, 0.3) is 0 Å². The SMILES string of the molecule is C/C(=N\NC(=O)c1ccc(Br)o1)c1ccc(Br)cc1. The Labute approximate surface area is 127 Å². The van der Waals surface area contributed by atoms with Gasteiger partial charge >= 0.3 is 5.91 Å². The van der Waals surface area contributed by atoms with E-state index in [1.807, 2.05) is 31.2 Å². The molecule has 4 nitrogen and oxygen atoms in total. The highest BCUT2D eigenvalue weighted by Gasteiger charge is 2.09. The quantitative estimate of drug-likeness (QED) is 0.642. The highest BCUT2D eigenvalue weighted by atomic mass is 79.9. The second-order valence-electron chi connectivity index (χ2n) is 3.75. The maximum atomic E-state index is 11.7. The zero-order chi connectivity index (χ0) is 13.8. The number of carbonyl (C=O) groups excluding carboxylic acids is 1. The fraction of sp³-hybridized carbons (Fsp3) is 0.0769. The molecule has 0 aliphatic carbocycles. The number of halogens is 2. The van der Waals surface area contributed by atoms with E-state index in [-0.39, 0.29) is 11.7 Å². The van der Waals surface area contributed by atoms with Crippen LogP contribution < -0.4 is 5.43 Å². The van der Waals surface area contributed by atoms with Crippen molar-refractivity contribution in [1.82, 2.24) is 5.43 Å². The molecular formula is C13H10Br2N2O2. The molecule has 0 atom stereocenters. The zero-order valence-corrected chi connectivity index (χ0v) is 13.2. The number of benzene rings is 1. The smallest absolute Gasteiger partial charge is 0.307 e. The van der Waals surface area contributed by atoms with Crippen LogP contribution in [0.4, 0.5) is 0 Å². The Hall–Kier alpha value is -1.40. The molecule has 6 heteroatoms. The van der Waals surface area contributed by atoms with Gasteiger partial charge in [-0.3, -0.25) is 4.79 Å². The summed E-state index contributed by atoms with van der Waals surface area (Å²) in [5, 5.41) is 4.04. The first-order valence-electron chi connectivity index (χ1n) is 5.42. The summed E-state index contributed by atoms with van der Waals surface area (Å²) < 4.78 is 6.63. The molecule has 1 aromatic carbocycles. The van der Waals surface area contributed by atoms with Crippen molar-refractivity contribution in [2.75, 3.05) is 0 Å². The number of carbonyl (C=O) groups is 1. The summed E-state index contributed by atoms with van der Waals surface area (Å²) in [5.41, 5.74) is 4.10. The molecule has 0 saturated carbocycles. The number of hydrazone groups is 1. The van der Waals surface area contributed by atoms with E-state index < -0.39 is 0 Å². The maximum Gasteiger partial charge on any atom is 0.307 e. The molecule has 0 aliphatic heterocycles. The van der Waals surface area contributed by atoms with Gasteiger partial charge in [-0.25, -0.2) is 5.43 Å². The topological polar surface area (TPSA) is 54.6 Å². The van der Waals surface area contributed by atoms with Crippen LogP contribution in [0.1, 0.15) is 23.0 Å². The lowest BCUT2D eigenvalue weighted by Crippen LogP contribution is -2.18. The van der Waals surface area contributed by atoms with Crippen LogP contribution in [-0.4, -0.2) is 11.6 Å². The summed E-state index contributed by atoms with van der Waals surface area (Å²) in [7, 11) is 0. The maximum absolute atomic E-state index is 11.7. The van der Waals surface area contributed by atoms with Gasteiger partial charge in [-0.1, -0.05) is 28.1 Å². The van der Waals surface area contributed by atoms with Gasteiger partial charge in [0.1, 0.15) is 0 Å². The summed E-state index contributed by atoms with van der Waals surface area (Å²) in [4.78, 5) is 11.7. The predicted octanol–water partition coefficient (Wildman–Crippen LogP) is 3.96. The molecule has 2 rings (SSSR count). The van der Waals surface area contributed by atoms with Crippen molar-refractivity contribution >= 4 is 43.5 Å². The second-order valence-corrected chi connectivity index (χ2v) is 5.45. The Morgan fingerprint density at radius 2 is 1.84 bits per heavy atom. The molecule has 0 bridgehead atoms. The first kappa shape index (κ1) is 14.0. The van der Waals surface area contributed by atoms with Gasteiger partial charge in [-0.2, -0.15) is 5.10 Å². The highest BCUT2D eigenvalue weighted by molar-refractivity contribution is 9.10. The molecule has 0 saturated heterocycles. The number of nitrogens with zero attached hydrogens (tertiary/aromatic N) is 1. The van der Waals surface area contributed by atoms with Crippen molar-refractivity contribution in [2.45, 2.75) is 6.92 Å². The van der Waals surface area contributed by atoms with Crippen LogP contribution in [-0.2, 0) is 0 Å². The van der Waals surface area contributed by atoms with E-state index in [1.165, 1.54) is 0 Å². The lowest BCUT2D eigenvalue weighted by Gasteiger charge is -2.01. The van der Waals surface area contributed by atoms with Crippen LogP contribution in [0.5, 0.6) is 0 Å². The Morgan fingerprint density at radius 3 is 2.42 bits per heavy atom. The van der Waals surface area contributed by atoms with Crippen molar-refractivity contribution in [3.63, 3.8) is 0 Å². The van der Waals surface area contributed by atoms with Gasteiger partial charge in [0.2, 0.25) is 0 Å². The van der Waals surface area contributed by atoms with Crippen LogP contribution >= 0.6 is 31.9 Å². The fourth-order valence-electron chi connectivity index (χ4n) is 1.38. The van der Waals surface area contributed by atoms with Gasteiger partial charge in [-0.05, 0) is 52.7 Å². The van der Waals surface area contributed by atoms with Crippen molar-refractivity contribution in [2.24, 2.45) is 5.10 Å². The monoisotopic (exact) mass is 384 g/mol. The minimum Gasteiger partial charge on any atom is -0.444 e. The van der Waals surface area contributed by atoms with Crippen molar-refractivity contribution in [3.05, 3.63) is 56.9 Å². The second kappa shape index (κ2) is 6.16. The van der Waals surface area contributed by atoms with Crippen LogP contribution in [0.25, 0.3) is 0 Å². The molecule has 1 amide bonds. The van der Waals surface area contributed by atoms with E-state index in [9.17, 15) is 4.79 Å². The lowest BCUT2D eigenvalue weighted by atomic mass is 10.1. The third kappa shape index (κ3) is 3.78. The Bertz CT molecular complexity index is 618. The van der Waals surface area contributed by atoms with E-state index in [2.05, 4.69) is 42.4 Å².